The van der Waals surface area contributed by atoms with E-state index in [4.69, 9.17) is 22.1 Å². The number of carbonyl (C=O) groups excluding carboxylic acids is 2. The van der Waals surface area contributed by atoms with Gasteiger partial charge in [0.15, 0.2) is 0 Å². The van der Waals surface area contributed by atoms with Crippen molar-refractivity contribution in [3.05, 3.63) is 82.7 Å². The number of thiophene rings is 1. The number of carbonyl (C=O) groups is 2. The summed E-state index contributed by atoms with van der Waals surface area (Å²) in [5.74, 6) is -8.75. The van der Waals surface area contributed by atoms with Crippen LogP contribution in [0.5, 0.6) is 5.75 Å². The van der Waals surface area contributed by atoms with Crippen molar-refractivity contribution in [3.63, 3.8) is 0 Å². The Balaban J connectivity index is 1.44. The van der Waals surface area contributed by atoms with Gasteiger partial charge in [0.25, 0.3) is 15.9 Å². The molecular formula is C35H33ClF5N3O6S2. The van der Waals surface area contributed by atoms with Crippen LogP contribution in [0.15, 0.2) is 77.7 Å². The van der Waals surface area contributed by atoms with E-state index in [9.17, 15) is 31.2 Å². The molecule has 1 amide bonds. The van der Waals surface area contributed by atoms with E-state index in [1.165, 1.54) is 24.3 Å². The lowest BCUT2D eigenvalue weighted by atomic mass is 9.97. The summed E-state index contributed by atoms with van der Waals surface area (Å²) in [6.45, 7) is -0.403. The molecule has 1 aliphatic carbocycles. The number of nitrogens with zero attached hydrogens (tertiary/aromatic N) is 2. The molecule has 52 heavy (non-hydrogen) atoms. The maximum absolute atomic E-state index is 16.9. The van der Waals surface area contributed by atoms with Crippen molar-refractivity contribution in [2.75, 3.05) is 13.1 Å². The third-order valence-corrected chi connectivity index (χ3v) is 12.0. The smallest absolute Gasteiger partial charge is 0.490 e. The molecule has 278 valence electrons. The van der Waals surface area contributed by atoms with E-state index in [2.05, 4.69) is 4.84 Å². The minimum atomic E-state index is -5.82. The Morgan fingerprint density at radius 3 is 2.13 bits per heavy atom. The van der Waals surface area contributed by atoms with Crippen LogP contribution in [-0.2, 0) is 30.4 Å². The minimum Gasteiger partial charge on any atom is -0.490 e. The van der Waals surface area contributed by atoms with Crippen LogP contribution < -0.4 is 10.5 Å². The van der Waals surface area contributed by atoms with E-state index in [1.807, 2.05) is 0 Å². The van der Waals surface area contributed by atoms with Crippen LogP contribution in [0, 0.1) is 0 Å². The quantitative estimate of drug-likeness (QED) is 0.130. The van der Waals surface area contributed by atoms with Gasteiger partial charge in [-0.3, -0.25) is 4.79 Å². The molecule has 1 saturated carbocycles. The highest BCUT2D eigenvalue weighted by Crippen LogP contribution is 2.41. The van der Waals surface area contributed by atoms with Crippen molar-refractivity contribution in [3.8, 4) is 16.2 Å². The number of piperidine rings is 1. The number of benzene rings is 3. The zero-order valence-electron chi connectivity index (χ0n) is 27.3. The Bertz CT molecular complexity index is 2050. The lowest BCUT2D eigenvalue weighted by Gasteiger charge is -2.38. The molecule has 4 aromatic rings. The highest BCUT2D eigenvalue weighted by atomic mass is 35.5. The van der Waals surface area contributed by atoms with Crippen molar-refractivity contribution in [2.45, 2.75) is 73.7 Å². The Morgan fingerprint density at radius 1 is 0.885 bits per heavy atom. The van der Waals surface area contributed by atoms with Crippen LogP contribution in [-0.4, -0.2) is 67.1 Å². The van der Waals surface area contributed by atoms with E-state index < -0.39 is 61.0 Å². The summed E-state index contributed by atoms with van der Waals surface area (Å²) in [4.78, 5) is 31.4. The number of hydrogen-bond donors (Lipinski definition) is 1. The Labute approximate surface area is 305 Å². The van der Waals surface area contributed by atoms with Crippen LogP contribution in [0.25, 0.3) is 21.2 Å². The predicted molar refractivity (Wildman–Crippen MR) is 184 cm³/mol. The molecule has 9 nitrogen and oxygen atoms in total. The highest BCUT2D eigenvalue weighted by Gasteiger charge is 2.58. The summed E-state index contributed by atoms with van der Waals surface area (Å²) < 4.78 is 109. The second-order valence-corrected chi connectivity index (χ2v) is 16.2. The van der Waals surface area contributed by atoms with Crippen LogP contribution in [0.1, 0.15) is 44.1 Å². The first kappa shape index (κ1) is 37.9. The molecule has 1 atom stereocenters. The molecule has 0 unspecified atom stereocenters. The summed E-state index contributed by atoms with van der Waals surface area (Å²) in [6, 6.07) is 11.9. The molecule has 17 heteroatoms. The lowest BCUT2D eigenvalue weighted by molar-refractivity contribution is -0.239. The van der Waals surface area contributed by atoms with Crippen LogP contribution in [0.4, 0.5) is 22.0 Å². The molecule has 2 aliphatic rings. The first-order valence-corrected chi connectivity index (χ1v) is 19.0. The first-order valence-electron chi connectivity index (χ1n) is 16.4. The van der Waals surface area contributed by atoms with Crippen molar-refractivity contribution in [1.82, 2.24) is 9.37 Å². The van der Waals surface area contributed by atoms with Gasteiger partial charge in [-0.05, 0) is 95.7 Å². The third kappa shape index (κ3) is 8.05. The Hall–Kier alpha value is -3.83. The fraction of sp³-hybridized carbons (Fsp3) is 0.371. The largest absolute Gasteiger partial charge is 0.492 e. The maximum Gasteiger partial charge on any atom is 0.492 e. The van der Waals surface area contributed by atoms with Gasteiger partial charge in [-0.1, -0.05) is 48.0 Å². The number of hydroxylamine groups is 1. The topological polar surface area (TPSA) is 119 Å². The van der Waals surface area contributed by atoms with Crippen LogP contribution in [0.2, 0.25) is 4.34 Å². The van der Waals surface area contributed by atoms with Crippen molar-refractivity contribution >= 4 is 55.6 Å². The van der Waals surface area contributed by atoms with Gasteiger partial charge in [0.05, 0.1) is 15.3 Å². The number of nitrogens with two attached hydrogens (primary N) is 1. The zero-order chi connectivity index (χ0) is 37.4. The second kappa shape index (κ2) is 14.9. The van der Waals surface area contributed by atoms with E-state index >= 15 is 8.78 Å². The SMILES string of the molecule is NC1CCN(C(=O)[C@H](N(OC(=O)C(F)(F)F)S(=O)(=O)c2ccc3cc(OC4CCCC4)ccc3c2)C(F)(F)c2ccc(-c3ccc(Cl)s3)cc2)CC1. The van der Waals surface area contributed by atoms with Crippen molar-refractivity contribution in [2.24, 2.45) is 5.73 Å². The number of halogens is 6. The van der Waals surface area contributed by atoms with Gasteiger partial charge >= 0.3 is 18.1 Å². The molecule has 1 aromatic heterocycles. The van der Waals surface area contributed by atoms with Gasteiger partial charge in [0, 0.05) is 29.6 Å². The number of hydrogen-bond acceptors (Lipinski definition) is 8. The van der Waals surface area contributed by atoms with Gasteiger partial charge in [-0.15, -0.1) is 11.3 Å². The van der Waals surface area contributed by atoms with Gasteiger partial charge in [-0.2, -0.15) is 22.0 Å². The molecule has 2 heterocycles. The second-order valence-electron chi connectivity index (χ2n) is 12.7. The fourth-order valence-electron chi connectivity index (χ4n) is 6.27. The summed E-state index contributed by atoms with van der Waals surface area (Å²) in [6.07, 6.45) is -1.70. The Morgan fingerprint density at radius 2 is 1.52 bits per heavy atom. The fourth-order valence-corrected chi connectivity index (χ4v) is 8.70. The molecule has 0 bridgehead atoms. The van der Waals surface area contributed by atoms with E-state index in [0.29, 0.717) is 25.9 Å². The number of amides is 1. The average molecular weight is 786 g/mol. The molecule has 1 aliphatic heterocycles. The standard InChI is InChI=1S/C35H33ClF5N3O6S2/c36-30-14-13-29(51-30)21-5-9-24(10-6-21)34(37,38)31(32(45)43-17-15-25(42)16-18-43)44(50-33(46)35(39,40)41)52(47,48)28-12-8-22-19-27(11-7-23(22)20-28)49-26-3-1-2-4-26/h5-14,19-20,25-26,31H,1-4,15-18,42H2/t31-/m0/s1. The van der Waals surface area contributed by atoms with E-state index in [1.54, 1.807) is 24.3 Å². The number of fused-ring (bicyclic) bond motifs is 1. The normalized spacial score (nSPS) is 17.1. The molecule has 0 radical (unpaired) electrons. The Kier molecular flexibility index (Phi) is 10.9. The van der Waals surface area contributed by atoms with Gasteiger partial charge in [0.2, 0.25) is 6.04 Å². The summed E-state index contributed by atoms with van der Waals surface area (Å²) >= 11 is 7.16. The average Bonchev–Trinajstić information content (AvgIpc) is 3.79. The highest BCUT2D eigenvalue weighted by molar-refractivity contribution is 7.89. The van der Waals surface area contributed by atoms with E-state index in [-0.39, 0.29) is 37.4 Å². The number of likely N-dealkylation sites (tertiary alicyclic amines) is 1. The monoisotopic (exact) mass is 785 g/mol. The van der Waals surface area contributed by atoms with Crippen molar-refractivity contribution < 1.29 is 49.5 Å². The van der Waals surface area contributed by atoms with Gasteiger partial charge in [-0.25, -0.2) is 13.2 Å². The van der Waals surface area contributed by atoms with Gasteiger partial charge < -0.3 is 20.2 Å². The summed E-state index contributed by atoms with van der Waals surface area (Å²) in [5, 5.41) is 0.730. The van der Waals surface area contributed by atoms with E-state index in [0.717, 1.165) is 66.2 Å². The molecule has 6 rings (SSSR count). The summed E-state index contributed by atoms with van der Waals surface area (Å²) in [7, 11) is -5.62. The number of ether oxygens (including phenoxy) is 1. The third-order valence-electron chi connectivity index (χ3n) is 9.09. The lowest BCUT2D eigenvalue weighted by Crippen LogP contribution is -2.60. The van der Waals surface area contributed by atoms with Gasteiger partial charge in [0.1, 0.15) is 5.75 Å². The molecule has 1 saturated heterocycles. The molecule has 2 fully saturated rings. The molecular weight excluding hydrogens is 753 g/mol. The number of rotatable bonds is 10. The summed E-state index contributed by atoms with van der Waals surface area (Å²) in [5.41, 5.74) is 5.45. The van der Waals surface area contributed by atoms with Crippen LogP contribution >= 0.6 is 22.9 Å². The number of sulfonamides is 1. The zero-order valence-corrected chi connectivity index (χ0v) is 29.7. The molecule has 2 N–H and O–H groups in total. The maximum atomic E-state index is 16.9. The number of alkyl halides is 5. The van der Waals surface area contributed by atoms with Crippen molar-refractivity contribution in [1.29, 1.82) is 0 Å². The predicted octanol–water partition coefficient (Wildman–Crippen LogP) is 7.66. The molecule has 0 spiro atoms. The first-order chi connectivity index (χ1) is 24.5. The van der Waals surface area contributed by atoms with Crippen LogP contribution in [0.3, 0.4) is 0 Å². The molecule has 3 aromatic carbocycles. The minimum absolute atomic E-state index is 0.0196.